The molecule has 0 aliphatic carbocycles. The van der Waals surface area contributed by atoms with E-state index in [0.29, 0.717) is 26.0 Å². The number of aryl methyl sites for hydroxylation is 4. The van der Waals surface area contributed by atoms with E-state index in [0.717, 1.165) is 68.5 Å². The molecule has 0 spiro atoms. The molecule has 0 saturated heterocycles. The molecule has 0 fully saturated rings. The number of nitrogens with zero attached hydrogens (tertiary/aromatic N) is 3. The molecule has 3 aromatic heterocycles. The number of rotatable bonds is 8. The van der Waals surface area contributed by atoms with E-state index >= 15 is 0 Å². The van der Waals surface area contributed by atoms with Crippen molar-refractivity contribution in [1.29, 1.82) is 0 Å². The monoisotopic (exact) mass is 1380 g/mol. The summed E-state index contributed by atoms with van der Waals surface area (Å²) in [5, 5.41) is 34.4. The number of alkyl halides is 1. The second-order valence-electron chi connectivity index (χ2n) is 22.3. The van der Waals surface area contributed by atoms with Crippen molar-refractivity contribution in [3.8, 4) is 23.0 Å². The smallest absolute Gasteiger partial charge is 0.341 e. The summed E-state index contributed by atoms with van der Waals surface area (Å²) in [6.07, 6.45) is 0. The van der Waals surface area contributed by atoms with E-state index < -0.39 is 77.1 Å². The van der Waals surface area contributed by atoms with Crippen LogP contribution in [0.1, 0.15) is 143 Å². The van der Waals surface area contributed by atoms with E-state index in [2.05, 4.69) is 47.2 Å². The number of amidine groups is 1. The normalized spacial score (nSPS) is 11.3. The van der Waals surface area contributed by atoms with E-state index in [1.165, 1.54) is 42.5 Å². The number of carbonyl (C=O) groups is 5. The Morgan fingerprint density at radius 1 is 0.556 bits per heavy atom. The lowest BCUT2D eigenvalue weighted by Gasteiger charge is -2.19. The van der Waals surface area contributed by atoms with E-state index in [1.807, 2.05) is 58.0 Å². The highest BCUT2D eigenvalue weighted by molar-refractivity contribution is 9.10. The highest BCUT2D eigenvalue weighted by Gasteiger charge is 2.25. The van der Waals surface area contributed by atoms with Crippen molar-refractivity contribution >= 4 is 89.5 Å². The third-order valence-electron chi connectivity index (χ3n) is 11.6. The first-order valence-electron chi connectivity index (χ1n) is 27.3. The molecule has 0 bridgehead atoms. The van der Waals surface area contributed by atoms with Crippen molar-refractivity contribution < 1.29 is 90.3 Å². The standard InChI is InChI=1S/C23H21FN2O4.C12H13FO4.C11H12BrFO2.C11H12N2O2.C7H4BrFO2.CH3F/c1-12-6-7-13(2)19-16(12)11-18(28-19)20-25-21(30-26-20)14-8-9-15(17(24)10-14)22(27)29-23(3,4)5;1-12(2,3)17-11(16)8-5-4-7(10(14)15)6-9(8)13;1-11(2,3)15-10(14)8-5-4-7(12)6-9(8)13;1-6-3-4-7(2)10-8(6)5-9(15-10)11(12)13-14;8-4-1-2-5(7(10)11)6(9)3-4;1-2/h6-11H,1-5H3;4-6H,1-3H3,(H,14,15);4-6H,1-3H3;3-5,14H,1-2H3,(H2,12,13);1-3H,(H,10,11);1H3/i;;;;;1D. The van der Waals surface area contributed by atoms with Crippen LogP contribution in [0.4, 0.5) is 22.0 Å². The van der Waals surface area contributed by atoms with E-state index in [4.69, 9.17) is 50.1 Å². The van der Waals surface area contributed by atoms with Crippen molar-refractivity contribution in [3.05, 3.63) is 197 Å². The van der Waals surface area contributed by atoms with Crippen LogP contribution in [-0.2, 0) is 14.2 Å². The van der Waals surface area contributed by atoms with Gasteiger partial charge in [0, 0.05) is 25.3 Å². The molecule has 18 nitrogen and oxygen atoms in total. The predicted molar refractivity (Wildman–Crippen MR) is 334 cm³/mol. The zero-order valence-electron chi connectivity index (χ0n) is 52.0. The number of ether oxygens (including phenoxy) is 3. The van der Waals surface area contributed by atoms with Crippen molar-refractivity contribution in [3.63, 3.8) is 0 Å². The molecule has 478 valence electrons. The third kappa shape index (κ3) is 21.0. The number of oxime groups is 1. The van der Waals surface area contributed by atoms with Gasteiger partial charge in [-0.3, -0.25) is 4.39 Å². The number of hydrogen-bond donors (Lipinski definition) is 4. The van der Waals surface area contributed by atoms with Crippen LogP contribution in [0.25, 0.3) is 45.0 Å². The van der Waals surface area contributed by atoms with Crippen molar-refractivity contribution in [2.75, 3.05) is 7.15 Å². The molecule has 0 aliphatic heterocycles. The molecule has 5 N–H and O–H groups in total. The molecule has 0 radical (unpaired) electrons. The van der Waals surface area contributed by atoms with Gasteiger partial charge in [-0.15, -0.1) is 0 Å². The van der Waals surface area contributed by atoms with Crippen LogP contribution < -0.4 is 5.73 Å². The SMILES string of the molecule is CC(C)(C)OC(=O)c1ccc(Br)cc1F.CC(C)(C)OC(=O)c1ccc(C(=O)O)cc1F.Cc1ccc(C)c2oc(-c3noc(-c4ccc(C(=O)OC(C)(C)C)c(F)c4)n3)cc12.Cc1ccc(C)c2oc(/C(N)=N\O)cc12.O=C(O)c1ccc(Br)cc1F.[2H]CF. The van der Waals surface area contributed by atoms with Crippen LogP contribution in [0, 0.1) is 51.0 Å². The van der Waals surface area contributed by atoms with Gasteiger partial charge in [-0.25, -0.2) is 41.5 Å². The Morgan fingerprint density at radius 3 is 1.34 bits per heavy atom. The molecule has 0 aliphatic rings. The average molecular weight is 1380 g/mol. The van der Waals surface area contributed by atoms with E-state index in [-0.39, 0.29) is 45.4 Å². The van der Waals surface area contributed by atoms with Gasteiger partial charge in [0.05, 0.1) is 36.3 Å². The van der Waals surface area contributed by atoms with Gasteiger partial charge in [-0.2, -0.15) is 4.98 Å². The fourth-order valence-corrected chi connectivity index (χ4v) is 8.12. The Hall–Kier alpha value is -9.23. The number of carboxylic acid groups (broad SMARTS) is 2. The van der Waals surface area contributed by atoms with Crippen LogP contribution in [0.3, 0.4) is 0 Å². The Labute approximate surface area is 532 Å². The molecule has 3 heterocycles. The van der Waals surface area contributed by atoms with E-state index in [1.54, 1.807) is 74.4 Å². The Balaban J connectivity index is 0.000000252. The number of carboxylic acids is 2. The van der Waals surface area contributed by atoms with Crippen LogP contribution >= 0.6 is 31.9 Å². The van der Waals surface area contributed by atoms with Gasteiger partial charge in [0.25, 0.3) is 5.89 Å². The molecule has 0 saturated carbocycles. The second kappa shape index (κ2) is 31.3. The summed E-state index contributed by atoms with van der Waals surface area (Å²) in [6.45, 7) is 23.3. The van der Waals surface area contributed by atoms with Crippen LogP contribution in [-0.4, -0.2) is 85.2 Å². The summed E-state index contributed by atoms with van der Waals surface area (Å²) in [5.74, 6) is -6.41. The van der Waals surface area contributed by atoms with Crippen LogP contribution in [0.2, 0.25) is 0 Å². The number of carbonyl (C=O) groups excluding carboxylic acids is 3. The summed E-state index contributed by atoms with van der Waals surface area (Å²) in [7, 11) is -1.00. The zero-order valence-corrected chi connectivity index (χ0v) is 54.2. The first kappa shape index (κ1) is 71.5. The first-order chi connectivity index (χ1) is 42.3. The third-order valence-corrected chi connectivity index (χ3v) is 12.6. The Kier molecular flexibility index (Phi) is 24.9. The van der Waals surface area contributed by atoms with Crippen LogP contribution in [0.5, 0.6) is 0 Å². The highest BCUT2D eigenvalue weighted by atomic mass is 79.9. The minimum Gasteiger partial charge on any atom is -0.478 e. The first-order valence-corrected chi connectivity index (χ1v) is 28.2. The number of aromatic carboxylic acids is 2. The molecule has 9 rings (SSSR count). The molecule has 0 atom stereocenters. The molecule has 90 heavy (non-hydrogen) atoms. The summed E-state index contributed by atoms with van der Waals surface area (Å²) in [4.78, 5) is 60.4. The fraction of sp³-hybridized carbons (Fsp3) is 0.262. The van der Waals surface area contributed by atoms with Crippen molar-refractivity contribution in [2.45, 2.75) is 107 Å². The van der Waals surface area contributed by atoms with Crippen molar-refractivity contribution in [2.24, 2.45) is 10.9 Å². The summed E-state index contributed by atoms with van der Waals surface area (Å²) in [5.41, 5.74) is 8.54. The minimum atomic E-state index is -1.25. The average Bonchev–Trinajstić information content (AvgIpc) is 1.71. The lowest BCUT2D eigenvalue weighted by atomic mass is 10.1. The van der Waals surface area contributed by atoms with Crippen LogP contribution in [0.15, 0.2) is 137 Å². The maximum absolute atomic E-state index is 14.5. The molecular weight excluding hydrogens is 1320 g/mol. The van der Waals surface area contributed by atoms with Gasteiger partial charge < -0.3 is 48.7 Å². The summed E-state index contributed by atoms with van der Waals surface area (Å²) >= 11 is 6.13. The van der Waals surface area contributed by atoms with Gasteiger partial charge in [0.1, 0.15) is 51.2 Å². The maximum atomic E-state index is 14.5. The number of nitrogens with two attached hydrogens (primary N) is 1. The van der Waals surface area contributed by atoms with Gasteiger partial charge >= 0.3 is 29.8 Å². The molecule has 25 heteroatoms. The number of furan rings is 2. The molecule has 6 aromatic carbocycles. The maximum Gasteiger partial charge on any atom is 0.341 e. The topological polar surface area (TPSA) is 277 Å². The predicted octanol–water partition coefficient (Wildman–Crippen LogP) is 16.9. The summed E-state index contributed by atoms with van der Waals surface area (Å²) < 4.78 is 103. The van der Waals surface area contributed by atoms with E-state index in [9.17, 15) is 45.9 Å². The number of halogens is 7. The largest absolute Gasteiger partial charge is 0.478 e. The number of aromatic nitrogens is 2. The molecular formula is C65H65Br2F5N4O14. The Bertz CT molecular complexity index is 4050. The molecule has 0 unspecified atom stereocenters. The second-order valence-corrected chi connectivity index (χ2v) is 24.1. The van der Waals surface area contributed by atoms with Gasteiger partial charge in [-0.1, -0.05) is 66.4 Å². The Morgan fingerprint density at radius 2 is 0.956 bits per heavy atom. The lowest BCUT2D eigenvalue weighted by molar-refractivity contribution is 0.00517. The molecule has 9 aromatic rings. The summed E-state index contributed by atoms with van der Waals surface area (Å²) in [6, 6.07) is 26.8. The van der Waals surface area contributed by atoms with Gasteiger partial charge in [-0.05, 0) is 197 Å². The quantitative estimate of drug-likeness (QED) is 0.0209. The lowest BCUT2D eigenvalue weighted by Crippen LogP contribution is -2.24. The van der Waals surface area contributed by atoms with Gasteiger partial charge in [0.15, 0.2) is 11.5 Å². The highest BCUT2D eigenvalue weighted by Crippen LogP contribution is 2.33. The minimum absolute atomic E-state index is 0.00926. The van der Waals surface area contributed by atoms with Crippen molar-refractivity contribution in [1.82, 2.24) is 10.1 Å². The molecule has 0 amide bonds. The zero-order chi connectivity index (χ0) is 68.6. The van der Waals surface area contributed by atoms with Gasteiger partial charge in [0.2, 0.25) is 11.7 Å². The number of benzene rings is 6. The number of hydrogen-bond acceptors (Lipinski definition) is 15. The number of esters is 3. The number of fused-ring (bicyclic) bond motifs is 2. The fourth-order valence-electron chi connectivity index (χ4n) is 7.46.